The second-order valence-corrected chi connectivity index (χ2v) is 5.85. The molecule has 0 amide bonds. The zero-order valence-corrected chi connectivity index (χ0v) is 13.9. The highest BCUT2D eigenvalue weighted by Crippen LogP contribution is 2.20. The van der Waals surface area contributed by atoms with Gasteiger partial charge in [-0.15, -0.1) is 10.2 Å². The van der Waals surface area contributed by atoms with Crippen LogP contribution >= 0.6 is 11.6 Å². The smallest absolute Gasteiger partial charge is 0.155 e. The second-order valence-electron chi connectivity index (χ2n) is 5.49. The molecule has 0 fully saturated rings. The molecule has 0 aliphatic rings. The first kappa shape index (κ1) is 17.2. The van der Waals surface area contributed by atoms with Crippen LogP contribution in [0, 0.1) is 13.8 Å². The zero-order valence-electron chi connectivity index (χ0n) is 13.1. The Hall–Kier alpha value is -0.830. The summed E-state index contributed by atoms with van der Waals surface area (Å²) in [5.74, 6) is 0.870. The van der Waals surface area contributed by atoms with Crippen molar-refractivity contribution in [2.24, 2.45) is 0 Å². The molecule has 20 heavy (non-hydrogen) atoms. The molecule has 0 saturated heterocycles. The summed E-state index contributed by atoms with van der Waals surface area (Å²) in [6.45, 7) is 7.24. The number of anilines is 1. The minimum atomic E-state index is 0.500. The van der Waals surface area contributed by atoms with Crippen molar-refractivity contribution in [3.8, 4) is 0 Å². The molecule has 4 heteroatoms. The van der Waals surface area contributed by atoms with E-state index in [-0.39, 0.29) is 0 Å². The molecule has 0 aliphatic carbocycles. The number of nitrogens with zero attached hydrogens (tertiary/aromatic N) is 2. The van der Waals surface area contributed by atoms with E-state index in [1.54, 1.807) is 0 Å². The molecule has 0 aromatic carbocycles. The van der Waals surface area contributed by atoms with Gasteiger partial charge in [0.15, 0.2) is 11.0 Å². The Balaban J connectivity index is 2.11. The summed E-state index contributed by atoms with van der Waals surface area (Å²) in [5.41, 5.74) is 2.12. The number of hydrogen-bond donors (Lipinski definition) is 1. The van der Waals surface area contributed by atoms with Gasteiger partial charge in [0.2, 0.25) is 0 Å². The molecule has 0 aliphatic heterocycles. The van der Waals surface area contributed by atoms with Crippen LogP contribution in [-0.4, -0.2) is 16.7 Å². The quantitative estimate of drug-likeness (QED) is 0.596. The number of halogens is 1. The van der Waals surface area contributed by atoms with Gasteiger partial charge in [0.25, 0.3) is 0 Å². The monoisotopic (exact) mass is 297 g/mol. The van der Waals surface area contributed by atoms with Gasteiger partial charge in [-0.3, -0.25) is 0 Å². The molecule has 0 saturated carbocycles. The summed E-state index contributed by atoms with van der Waals surface area (Å²) < 4.78 is 0. The highest BCUT2D eigenvalue weighted by Gasteiger charge is 2.06. The van der Waals surface area contributed by atoms with E-state index in [0.29, 0.717) is 5.15 Å². The molecule has 114 valence electrons. The number of aromatic nitrogens is 2. The Labute approximate surface area is 128 Å². The maximum atomic E-state index is 5.94. The van der Waals surface area contributed by atoms with Crippen molar-refractivity contribution in [1.82, 2.24) is 10.2 Å². The van der Waals surface area contributed by atoms with E-state index >= 15 is 0 Å². The van der Waals surface area contributed by atoms with Crippen molar-refractivity contribution >= 4 is 17.4 Å². The van der Waals surface area contributed by atoms with Crippen LogP contribution in [0.3, 0.4) is 0 Å². The predicted octanol–water partition coefficient (Wildman–Crippen LogP) is 5.30. The highest BCUT2D eigenvalue weighted by atomic mass is 35.5. The minimum Gasteiger partial charge on any atom is -0.368 e. The Morgan fingerprint density at radius 1 is 0.850 bits per heavy atom. The lowest BCUT2D eigenvalue weighted by Gasteiger charge is -2.10. The van der Waals surface area contributed by atoms with Crippen molar-refractivity contribution in [2.75, 3.05) is 11.9 Å². The van der Waals surface area contributed by atoms with E-state index in [1.165, 1.54) is 51.4 Å². The molecule has 0 unspecified atom stereocenters. The average Bonchev–Trinajstić information content (AvgIpc) is 2.45. The largest absolute Gasteiger partial charge is 0.368 e. The fourth-order valence-corrected chi connectivity index (χ4v) is 2.39. The van der Waals surface area contributed by atoms with Crippen molar-refractivity contribution < 1.29 is 0 Å². The Morgan fingerprint density at radius 2 is 1.45 bits per heavy atom. The van der Waals surface area contributed by atoms with Gasteiger partial charge >= 0.3 is 0 Å². The second kappa shape index (κ2) is 9.98. The first-order chi connectivity index (χ1) is 9.66. The van der Waals surface area contributed by atoms with Gasteiger partial charge in [-0.2, -0.15) is 0 Å². The molecule has 1 aromatic rings. The topological polar surface area (TPSA) is 37.8 Å². The molecular formula is C16H28ClN3. The van der Waals surface area contributed by atoms with Gasteiger partial charge in [-0.1, -0.05) is 63.5 Å². The lowest BCUT2D eigenvalue weighted by atomic mass is 10.1. The van der Waals surface area contributed by atoms with E-state index in [4.69, 9.17) is 11.6 Å². The maximum absolute atomic E-state index is 5.94. The summed E-state index contributed by atoms with van der Waals surface area (Å²) >= 11 is 5.94. The van der Waals surface area contributed by atoms with Gasteiger partial charge in [-0.05, 0) is 31.4 Å². The van der Waals surface area contributed by atoms with Gasteiger partial charge in [0.05, 0.1) is 0 Å². The van der Waals surface area contributed by atoms with E-state index in [9.17, 15) is 0 Å². The van der Waals surface area contributed by atoms with Crippen LogP contribution in [0.15, 0.2) is 0 Å². The number of hydrogen-bond acceptors (Lipinski definition) is 3. The van der Waals surface area contributed by atoms with Crippen molar-refractivity contribution in [2.45, 2.75) is 72.1 Å². The van der Waals surface area contributed by atoms with Gasteiger partial charge in [-0.25, -0.2) is 0 Å². The number of nitrogens with one attached hydrogen (secondary N) is 1. The average molecular weight is 298 g/mol. The molecule has 1 heterocycles. The molecule has 1 N–H and O–H groups in total. The highest BCUT2D eigenvalue weighted by molar-refractivity contribution is 6.30. The summed E-state index contributed by atoms with van der Waals surface area (Å²) in [5, 5.41) is 11.9. The zero-order chi connectivity index (χ0) is 14.8. The van der Waals surface area contributed by atoms with E-state index in [2.05, 4.69) is 22.4 Å². The van der Waals surface area contributed by atoms with Gasteiger partial charge < -0.3 is 5.32 Å². The normalized spacial score (nSPS) is 10.8. The van der Waals surface area contributed by atoms with E-state index in [1.807, 2.05) is 13.8 Å². The Morgan fingerprint density at radius 3 is 2.10 bits per heavy atom. The molecule has 0 atom stereocenters. The van der Waals surface area contributed by atoms with Crippen molar-refractivity contribution in [1.29, 1.82) is 0 Å². The summed E-state index contributed by atoms with van der Waals surface area (Å²) in [6, 6.07) is 0. The summed E-state index contributed by atoms with van der Waals surface area (Å²) in [4.78, 5) is 0. The van der Waals surface area contributed by atoms with Crippen LogP contribution in [0.5, 0.6) is 0 Å². The first-order valence-electron chi connectivity index (χ1n) is 7.90. The lowest BCUT2D eigenvalue weighted by Crippen LogP contribution is -2.07. The number of unbranched alkanes of at least 4 members (excludes halogenated alkanes) is 7. The van der Waals surface area contributed by atoms with Crippen molar-refractivity contribution in [3.63, 3.8) is 0 Å². The maximum Gasteiger partial charge on any atom is 0.155 e. The minimum absolute atomic E-state index is 0.500. The van der Waals surface area contributed by atoms with Crippen molar-refractivity contribution in [3.05, 3.63) is 16.3 Å². The molecule has 0 bridgehead atoms. The lowest BCUT2D eigenvalue weighted by molar-refractivity contribution is 0.581. The molecule has 1 aromatic heterocycles. The van der Waals surface area contributed by atoms with Crippen LogP contribution in [-0.2, 0) is 0 Å². The van der Waals surface area contributed by atoms with Gasteiger partial charge in [0, 0.05) is 6.54 Å². The van der Waals surface area contributed by atoms with Crippen LogP contribution in [0.25, 0.3) is 0 Å². The number of rotatable bonds is 10. The molecule has 0 radical (unpaired) electrons. The SMILES string of the molecule is CCCCCCCCCCNc1nnc(Cl)c(C)c1C. The Kier molecular flexibility index (Phi) is 8.59. The van der Waals surface area contributed by atoms with E-state index < -0.39 is 0 Å². The third-order valence-corrected chi connectivity index (χ3v) is 4.15. The standard InChI is InChI=1S/C16H28ClN3/c1-4-5-6-7-8-9-10-11-12-18-16-14(3)13(2)15(17)19-20-16/h4-12H2,1-3H3,(H,18,20). The summed E-state index contributed by atoms with van der Waals surface area (Å²) in [7, 11) is 0. The fourth-order valence-electron chi connectivity index (χ4n) is 2.21. The predicted molar refractivity (Wildman–Crippen MR) is 87.6 cm³/mol. The van der Waals surface area contributed by atoms with Crippen LogP contribution in [0.1, 0.15) is 69.4 Å². The molecular weight excluding hydrogens is 270 g/mol. The van der Waals surface area contributed by atoms with Crippen LogP contribution < -0.4 is 5.32 Å². The third kappa shape index (κ3) is 6.08. The van der Waals surface area contributed by atoms with Gasteiger partial charge in [0.1, 0.15) is 0 Å². The fraction of sp³-hybridized carbons (Fsp3) is 0.750. The van der Waals surface area contributed by atoms with Crippen LogP contribution in [0.4, 0.5) is 5.82 Å². The summed E-state index contributed by atoms with van der Waals surface area (Å²) in [6.07, 6.45) is 10.7. The molecule has 1 rings (SSSR count). The molecule has 3 nitrogen and oxygen atoms in total. The third-order valence-electron chi connectivity index (χ3n) is 3.79. The van der Waals surface area contributed by atoms with Crippen LogP contribution in [0.2, 0.25) is 5.15 Å². The van der Waals surface area contributed by atoms with E-state index in [0.717, 1.165) is 23.5 Å². The Bertz CT molecular complexity index is 394. The molecule has 0 spiro atoms. The first-order valence-corrected chi connectivity index (χ1v) is 8.27.